The number of hydrogen-bond acceptors (Lipinski definition) is 5. The van der Waals surface area contributed by atoms with Crippen LogP contribution in [0.3, 0.4) is 0 Å². The van der Waals surface area contributed by atoms with Crippen LogP contribution in [-0.2, 0) is 4.74 Å². The van der Waals surface area contributed by atoms with Gasteiger partial charge < -0.3 is 25.3 Å². The van der Waals surface area contributed by atoms with Crippen molar-refractivity contribution in [3.63, 3.8) is 0 Å². The van der Waals surface area contributed by atoms with Gasteiger partial charge in [-0.15, -0.1) is 0 Å². The van der Waals surface area contributed by atoms with Crippen molar-refractivity contribution in [1.29, 1.82) is 0 Å². The minimum atomic E-state index is -0.138. The molecule has 3 N–H and O–H groups in total. The second-order valence-electron chi connectivity index (χ2n) is 4.35. The molecule has 0 aliphatic rings. The average Bonchev–Trinajstić information content (AvgIpc) is 2.54. The van der Waals surface area contributed by atoms with E-state index in [0.29, 0.717) is 37.4 Å². The molecule has 0 radical (unpaired) electrons. The molecular formula is C14H21N3O4. The van der Waals surface area contributed by atoms with Crippen molar-refractivity contribution < 1.29 is 19.5 Å². The van der Waals surface area contributed by atoms with E-state index in [1.165, 1.54) is 0 Å². The van der Waals surface area contributed by atoms with Gasteiger partial charge in [-0.25, -0.2) is 0 Å². The van der Waals surface area contributed by atoms with Gasteiger partial charge in [0.2, 0.25) is 0 Å². The Balaban J connectivity index is 2.77. The Morgan fingerprint density at radius 2 is 1.95 bits per heavy atom. The number of hydrogen-bond donors (Lipinski definition) is 2. The van der Waals surface area contributed by atoms with Crippen LogP contribution in [-0.4, -0.2) is 55.8 Å². The zero-order valence-electron chi connectivity index (χ0n) is 12.3. The summed E-state index contributed by atoms with van der Waals surface area (Å²) < 4.78 is 10.1. The van der Waals surface area contributed by atoms with Crippen molar-refractivity contribution in [3.05, 3.63) is 29.8 Å². The molecule has 0 atom stereocenters. The van der Waals surface area contributed by atoms with Crippen molar-refractivity contribution in [2.45, 2.75) is 6.42 Å². The minimum absolute atomic E-state index is 0.0833. The molecule has 0 aromatic heterocycles. The summed E-state index contributed by atoms with van der Waals surface area (Å²) in [6.07, 6.45) is 0.294. The normalized spacial score (nSPS) is 11.2. The lowest BCUT2D eigenvalue weighted by Gasteiger charge is -2.22. The van der Waals surface area contributed by atoms with E-state index < -0.39 is 0 Å². The Morgan fingerprint density at radius 1 is 1.29 bits per heavy atom. The zero-order valence-corrected chi connectivity index (χ0v) is 12.3. The van der Waals surface area contributed by atoms with Crippen LogP contribution in [0.2, 0.25) is 0 Å². The quantitative estimate of drug-likeness (QED) is 0.322. The molecular weight excluding hydrogens is 274 g/mol. The number of amidine groups is 1. The van der Waals surface area contributed by atoms with Crippen LogP contribution in [0.1, 0.15) is 16.8 Å². The molecule has 0 bridgehead atoms. The standard InChI is InChI=1S/C14H21N3O4/c1-20-10-9-17(8-7-13(15)16-19)14(18)11-3-5-12(21-2)6-4-11/h3-6,19H,7-10H2,1-2H3,(H2,15,16). The number of amides is 1. The summed E-state index contributed by atoms with van der Waals surface area (Å²) in [7, 11) is 3.14. The monoisotopic (exact) mass is 295 g/mol. The number of carbonyl (C=O) groups is 1. The van der Waals surface area contributed by atoms with Crippen LogP contribution in [0.5, 0.6) is 5.75 Å². The first-order valence-electron chi connectivity index (χ1n) is 6.51. The molecule has 0 saturated heterocycles. The van der Waals surface area contributed by atoms with Crippen LogP contribution in [0.15, 0.2) is 29.4 Å². The lowest BCUT2D eigenvalue weighted by atomic mass is 10.2. The van der Waals surface area contributed by atoms with Gasteiger partial charge in [-0.05, 0) is 24.3 Å². The number of rotatable bonds is 8. The molecule has 7 nitrogen and oxygen atoms in total. The summed E-state index contributed by atoms with van der Waals surface area (Å²) >= 11 is 0. The van der Waals surface area contributed by atoms with E-state index in [4.69, 9.17) is 20.4 Å². The number of nitrogens with two attached hydrogens (primary N) is 1. The molecule has 116 valence electrons. The predicted molar refractivity (Wildman–Crippen MR) is 78.8 cm³/mol. The van der Waals surface area contributed by atoms with E-state index in [0.717, 1.165) is 0 Å². The number of methoxy groups -OCH3 is 2. The summed E-state index contributed by atoms with van der Waals surface area (Å²) in [6, 6.07) is 6.85. The summed E-state index contributed by atoms with van der Waals surface area (Å²) in [6.45, 7) is 1.20. The maximum atomic E-state index is 12.4. The molecule has 1 aromatic carbocycles. The van der Waals surface area contributed by atoms with Gasteiger partial charge in [0.05, 0.1) is 13.7 Å². The highest BCUT2D eigenvalue weighted by Gasteiger charge is 2.16. The topological polar surface area (TPSA) is 97.4 Å². The highest BCUT2D eigenvalue weighted by molar-refractivity contribution is 5.94. The molecule has 0 saturated carbocycles. The third-order valence-corrected chi connectivity index (χ3v) is 2.96. The van der Waals surface area contributed by atoms with Gasteiger partial charge in [0.15, 0.2) is 0 Å². The molecule has 0 aliphatic heterocycles. The van der Waals surface area contributed by atoms with E-state index in [-0.39, 0.29) is 11.7 Å². The molecule has 0 aliphatic carbocycles. The first-order valence-corrected chi connectivity index (χ1v) is 6.51. The van der Waals surface area contributed by atoms with Crippen LogP contribution in [0, 0.1) is 0 Å². The van der Waals surface area contributed by atoms with Gasteiger partial charge in [0.25, 0.3) is 5.91 Å². The van der Waals surface area contributed by atoms with Crippen molar-refractivity contribution in [2.75, 3.05) is 33.9 Å². The van der Waals surface area contributed by atoms with Gasteiger partial charge in [0, 0.05) is 32.2 Å². The maximum Gasteiger partial charge on any atom is 0.253 e. The van der Waals surface area contributed by atoms with Crippen LogP contribution >= 0.6 is 0 Å². The third-order valence-electron chi connectivity index (χ3n) is 2.96. The predicted octanol–water partition coefficient (Wildman–Crippen LogP) is 0.920. The number of carbonyl (C=O) groups excluding carboxylic acids is 1. The fourth-order valence-corrected chi connectivity index (χ4v) is 1.73. The molecule has 7 heteroatoms. The molecule has 21 heavy (non-hydrogen) atoms. The van der Waals surface area contributed by atoms with E-state index >= 15 is 0 Å². The number of nitrogens with zero attached hydrogens (tertiary/aromatic N) is 2. The molecule has 0 unspecified atom stereocenters. The summed E-state index contributed by atoms with van der Waals surface area (Å²) in [5.74, 6) is 0.632. The number of ether oxygens (including phenoxy) is 2. The van der Waals surface area contributed by atoms with E-state index in [2.05, 4.69) is 5.16 Å². The van der Waals surface area contributed by atoms with E-state index in [9.17, 15) is 4.79 Å². The highest BCUT2D eigenvalue weighted by atomic mass is 16.5. The van der Waals surface area contributed by atoms with E-state index in [1.807, 2.05) is 0 Å². The lowest BCUT2D eigenvalue weighted by Crippen LogP contribution is -2.36. The Kier molecular flexibility index (Phi) is 7.03. The Bertz CT molecular complexity index is 474. The van der Waals surface area contributed by atoms with Crippen molar-refractivity contribution in [3.8, 4) is 5.75 Å². The van der Waals surface area contributed by atoms with Crippen molar-refractivity contribution in [1.82, 2.24) is 4.90 Å². The first kappa shape index (κ1) is 16.8. The molecule has 1 amide bonds. The second-order valence-corrected chi connectivity index (χ2v) is 4.35. The largest absolute Gasteiger partial charge is 0.497 e. The summed E-state index contributed by atoms with van der Waals surface area (Å²) in [4.78, 5) is 14.0. The van der Waals surface area contributed by atoms with Gasteiger partial charge in [0.1, 0.15) is 11.6 Å². The van der Waals surface area contributed by atoms with Crippen LogP contribution < -0.4 is 10.5 Å². The first-order chi connectivity index (χ1) is 10.1. The van der Waals surface area contributed by atoms with Gasteiger partial charge >= 0.3 is 0 Å². The number of oxime groups is 1. The smallest absolute Gasteiger partial charge is 0.253 e. The highest BCUT2D eigenvalue weighted by Crippen LogP contribution is 2.13. The fraction of sp³-hybridized carbons (Fsp3) is 0.429. The van der Waals surface area contributed by atoms with Gasteiger partial charge in [-0.1, -0.05) is 5.16 Å². The summed E-state index contributed by atoms with van der Waals surface area (Å²) in [5.41, 5.74) is 5.99. The third kappa shape index (κ3) is 5.31. The molecule has 0 heterocycles. The number of benzene rings is 1. The minimum Gasteiger partial charge on any atom is -0.497 e. The molecule has 1 aromatic rings. The van der Waals surface area contributed by atoms with Crippen LogP contribution in [0.25, 0.3) is 0 Å². The van der Waals surface area contributed by atoms with Crippen molar-refractivity contribution in [2.24, 2.45) is 10.9 Å². The van der Waals surface area contributed by atoms with E-state index in [1.54, 1.807) is 43.4 Å². The lowest BCUT2D eigenvalue weighted by molar-refractivity contribution is 0.0700. The van der Waals surface area contributed by atoms with Crippen LogP contribution in [0.4, 0.5) is 0 Å². The molecule has 0 spiro atoms. The van der Waals surface area contributed by atoms with Gasteiger partial charge in [-0.3, -0.25) is 4.79 Å². The molecule has 0 fully saturated rings. The van der Waals surface area contributed by atoms with Crippen molar-refractivity contribution >= 4 is 11.7 Å². The average molecular weight is 295 g/mol. The van der Waals surface area contributed by atoms with Gasteiger partial charge in [-0.2, -0.15) is 0 Å². The zero-order chi connectivity index (χ0) is 15.7. The fourth-order valence-electron chi connectivity index (χ4n) is 1.73. The summed E-state index contributed by atoms with van der Waals surface area (Å²) in [5, 5.41) is 11.5. The Hall–Kier alpha value is -2.28. The Morgan fingerprint density at radius 3 is 2.48 bits per heavy atom. The Labute approximate surface area is 123 Å². The second kappa shape index (κ2) is 8.80. The molecule has 1 rings (SSSR count). The maximum absolute atomic E-state index is 12.4. The SMILES string of the molecule is COCCN(CCC(N)=NO)C(=O)c1ccc(OC)cc1.